The number of nitro groups is 1. The van der Waals surface area contributed by atoms with Gasteiger partial charge in [-0.15, -0.1) is 0 Å². The molecule has 1 aliphatic carbocycles. The molecule has 0 radical (unpaired) electrons. The number of anilines is 1. The van der Waals surface area contributed by atoms with Crippen molar-refractivity contribution in [1.82, 2.24) is 5.32 Å². The van der Waals surface area contributed by atoms with Gasteiger partial charge in [-0.1, -0.05) is 31.0 Å². The number of aryl methyl sites for hydroxylation is 1. The normalized spacial score (nSPS) is 13.7. The predicted molar refractivity (Wildman–Crippen MR) is 108 cm³/mol. The van der Waals surface area contributed by atoms with Crippen LogP contribution in [0.5, 0.6) is 5.75 Å². The van der Waals surface area contributed by atoms with Gasteiger partial charge in [0.25, 0.3) is 11.8 Å². The Kier molecular flexibility index (Phi) is 6.43. The van der Waals surface area contributed by atoms with Crippen LogP contribution in [0, 0.1) is 17.0 Å². The zero-order valence-corrected chi connectivity index (χ0v) is 16.1. The summed E-state index contributed by atoms with van der Waals surface area (Å²) in [5, 5.41) is 16.8. The second-order valence-electron chi connectivity index (χ2n) is 7.07. The van der Waals surface area contributed by atoms with E-state index < -0.39 is 17.4 Å². The summed E-state index contributed by atoms with van der Waals surface area (Å²) in [6.45, 7) is 1.36. The van der Waals surface area contributed by atoms with Crippen LogP contribution < -0.4 is 15.4 Å². The lowest BCUT2D eigenvalue weighted by Crippen LogP contribution is -2.33. The summed E-state index contributed by atoms with van der Waals surface area (Å²) in [7, 11) is 0. The Labute approximate surface area is 168 Å². The maximum atomic E-state index is 12.6. The molecule has 2 N–H and O–H groups in total. The van der Waals surface area contributed by atoms with Crippen LogP contribution in [0.25, 0.3) is 0 Å². The second-order valence-corrected chi connectivity index (χ2v) is 7.07. The minimum absolute atomic E-state index is 0.0254. The Bertz CT molecular complexity index is 922. The monoisotopic (exact) mass is 397 g/mol. The fraction of sp³-hybridized carbons (Fsp3) is 0.333. The van der Waals surface area contributed by atoms with Gasteiger partial charge in [0.15, 0.2) is 12.4 Å². The quantitative estimate of drug-likeness (QED) is 0.548. The fourth-order valence-corrected chi connectivity index (χ4v) is 3.34. The first kappa shape index (κ1) is 20.3. The van der Waals surface area contributed by atoms with Crippen molar-refractivity contribution in [2.24, 2.45) is 0 Å². The molecule has 2 aromatic carbocycles. The van der Waals surface area contributed by atoms with E-state index in [4.69, 9.17) is 4.74 Å². The largest absolute Gasteiger partial charge is 0.477 e. The standard InChI is InChI=1S/C21H23N3O5/c1-14-10-11-18(24(27)28)19(12-14)29-13-20(25)23-17-9-5-4-8-16(17)21(26)22-15-6-2-3-7-15/h4-5,8-12,15H,2-3,6-7,13H2,1H3,(H,22,26)(H,23,25). The van der Waals surface area contributed by atoms with Gasteiger partial charge >= 0.3 is 5.69 Å². The summed E-state index contributed by atoms with van der Waals surface area (Å²) in [6, 6.07) is 11.3. The Hall–Kier alpha value is -3.42. The van der Waals surface area contributed by atoms with Gasteiger partial charge in [-0.3, -0.25) is 19.7 Å². The van der Waals surface area contributed by atoms with Crippen LogP contribution in [0.1, 0.15) is 41.6 Å². The molecule has 0 unspecified atom stereocenters. The molecule has 1 saturated carbocycles. The molecule has 8 heteroatoms. The van der Waals surface area contributed by atoms with E-state index in [-0.39, 0.29) is 23.4 Å². The van der Waals surface area contributed by atoms with E-state index in [0.29, 0.717) is 11.3 Å². The Balaban J connectivity index is 1.65. The first-order valence-electron chi connectivity index (χ1n) is 9.51. The summed E-state index contributed by atoms with van der Waals surface area (Å²) in [5.74, 6) is -0.720. The predicted octanol–water partition coefficient (Wildman–Crippen LogP) is 3.59. The molecule has 0 aliphatic heterocycles. The number of ether oxygens (including phenoxy) is 1. The third-order valence-electron chi connectivity index (χ3n) is 4.81. The highest BCUT2D eigenvalue weighted by molar-refractivity contribution is 6.04. The number of nitrogens with one attached hydrogen (secondary N) is 2. The number of nitro benzene ring substituents is 1. The Morgan fingerprint density at radius 1 is 1.17 bits per heavy atom. The number of carbonyl (C=O) groups excluding carboxylic acids is 2. The smallest absolute Gasteiger partial charge is 0.310 e. The van der Waals surface area contributed by atoms with Crippen molar-refractivity contribution < 1.29 is 19.2 Å². The van der Waals surface area contributed by atoms with E-state index in [1.165, 1.54) is 12.1 Å². The molecule has 0 spiro atoms. The van der Waals surface area contributed by atoms with Crippen LogP contribution in [0.2, 0.25) is 0 Å². The molecule has 2 aromatic rings. The van der Waals surface area contributed by atoms with E-state index in [9.17, 15) is 19.7 Å². The van der Waals surface area contributed by atoms with Crippen molar-refractivity contribution in [3.63, 3.8) is 0 Å². The number of hydrogen-bond donors (Lipinski definition) is 2. The van der Waals surface area contributed by atoms with Crippen molar-refractivity contribution in [1.29, 1.82) is 0 Å². The van der Waals surface area contributed by atoms with Crippen molar-refractivity contribution in [2.75, 3.05) is 11.9 Å². The Morgan fingerprint density at radius 2 is 1.90 bits per heavy atom. The number of rotatable bonds is 7. The lowest BCUT2D eigenvalue weighted by atomic mass is 10.1. The van der Waals surface area contributed by atoms with Gasteiger partial charge in [-0.25, -0.2) is 0 Å². The average molecular weight is 397 g/mol. The first-order valence-corrected chi connectivity index (χ1v) is 9.51. The molecular weight excluding hydrogens is 374 g/mol. The number of benzene rings is 2. The van der Waals surface area contributed by atoms with Crippen LogP contribution in [0.15, 0.2) is 42.5 Å². The van der Waals surface area contributed by atoms with Gasteiger partial charge in [0.05, 0.1) is 16.2 Å². The zero-order chi connectivity index (χ0) is 20.8. The van der Waals surface area contributed by atoms with Crippen LogP contribution in [0.3, 0.4) is 0 Å². The van der Waals surface area contributed by atoms with Crippen LogP contribution >= 0.6 is 0 Å². The lowest BCUT2D eigenvalue weighted by Gasteiger charge is -2.15. The minimum atomic E-state index is -0.560. The average Bonchev–Trinajstić information content (AvgIpc) is 3.19. The molecule has 0 aromatic heterocycles. The topological polar surface area (TPSA) is 111 Å². The molecule has 1 fully saturated rings. The highest BCUT2D eigenvalue weighted by Crippen LogP contribution is 2.27. The minimum Gasteiger partial charge on any atom is -0.477 e. The maximum Gasteiger partial charge on any atom is 0.310 e. The third kappa shape index (κ3) is 5.31. The van der Waals surface area contributed by atoms with Crippen LogP contribution in [-0.2, 0) is 4.79 Å². The first-order chi connectivity index (χ1) is 13.9. The molecule has 8 nitrogen and oxygen atoms in total. The highest BCUT2D eigenvalue weighted by atomic mass is 16.6. The number of hydrogen-bond acceptors (Lipinski definition) is 5. The SMILES string of the molecule is Cc1ccc([N+](=O)[O-])c(OCC(=O)Nc2ccccc2C(=O)NC2CCCC2)c1. The number of para-hydroxylation sites is 1. The molecule has 2 amide bonds. The number of carbonyl (C=O) groups is 2. The van der Waals surface area contributed by atoms with Gasteiger partial charge < -0.3 is 15.4 Å². The lowest BCUT2D eigenvalue weighted by molar-refractivity contribution is -0.385. The highest BCUT2D eigenvalue weighted by Gasteiger charge is 2.21. The third-order valence-corrected chi connectivity index (χ3v) is 4.81. The second kappa shape index (κ2) is 9.18. The summed E-state index contributed by atoms with van der Waals surface area (Å²) in [4.78, 5) is 35.5. The molecule has 3 rings (SSSR count). The van der Waals surface area contributed by atoms with E-state index in [2.05, 4.69) is 10.6 Å². The molecule has 152 valence electrons. The molecule has 0 heterocycles. The summed E-state index contributed by atoms with van der Waals surface area (Å²) < 4.78 is 5.37. The van der Waals surface area contributed by atoms with Gasteiger partial charge in [0.2, 0.25) is 0 Å². The molecule has 29 heavy (non-hydrogen) atoms. The number of amides is 2. The van der Waals surface area contributed by atoms with Crippen molar-refractivity contribution in [3.05, 3.63) is 63.7 Å². The van der Waals surface area contributed by atoms with Crippen molar-refractivity contribution in [3.8, 4) is 5.75 Å². The van der Waals surface area contributed by atoms with Gasteiger partial charge in [-0.05, 0) is 43.5 Å². The van der Waals surface area contributed by atoms with Gasteiger partial charge in [0.1, 0.15) is 0 Å². The molecule has 0 atom stereocenters. The molecule has 0 bridgehead atoms. The summed E-state index contributed by atoms with van der Waals surface area (Å²) in [6.07, 6.45) is 4.13. The molecule has 1 aliphatic rings. The van der Waals surface area contributed by atoms with E-state index in [1.54, 1.807) is 37.3 Å². The fourth-order valence-electron chi connectivity index (χ4n) is 3.34. The number of nitrogens with zero attached hydrogens (tertiary/aromatic N) is 1. The van der Waals surface area contributed by atoms with Crippen molar-refractivity contribution >= 4 is 23.2 Å². The zero-order valence-electron chi connectivity index (χ0n) is 16.1. The summed E-state index contributed by atoms with van der Waals surface area (Å²) >= 11 is 0. The van der Waals surface area contributed by atoms with E-state index in [0.717, 1.165) is 31.2 Å². The van der Waals surface area contributed by atoms with Crippen LogP contribution in [-0.4, -0.2) is 29.4 Å². The molecule has 0 saturated heterocycles. The van der Waals surface area contributed by atoms with Crippen molar-refractivity contribution in [2.45, 2.75) is 38.6 Å². The maximum absolute atomic E-state index is 12.6. The van der Waals surface area contributed by atoms with Crippen LogP contribution in [0.4, 0.5) is 11.4 Å². The van der Waals surface area contributed by atoms with E-state index in [1.807, 2.05) is 0 Å². The molecular formula is C21H23N3O5. The Morgan fingerprint density at radius 3 is 2.62 bits per heavy atom. The van der Waals surface area contributed by atoms with Gasteiger partial charge in [0, 0.05) is 12.1 Å². The van der Waals surface area contributed by atoms with Gasteiger partial charge in [-0.2, -0.15) is 0 Å². The summed E-state index contributed by atoms with van der Waals surface area (Å²) in [5.41, 5.74) is 1.31. The van der Waals surface area contributed by atoms with E-state index >= 15 is 0 Å².